The average Bonchev–Trinajstić information content (AvgIpc) is 1.83. The zero-order chi connectivity index (χ0) is 73.9. The van der Waals surface area contributed by atoms with Gasteiger partial charge in [0.25, 0.3) is 0 Å². The molecule has 7 heterocycles. The number of aryl methyl sites for hydroxylation is 1. The summed E-state index contributed by atoms with van der Waals surface area (Å²) in [4.78, 5) is 67.1. The number of nitrogens with zero attached hydrogens (tertiary/aromatic N) is 7. The third-order valence-electron chi connectivity index (χ3n) is 15.0. The van der Waals surface area contributed by atoms with Gasteiger partial charge in [-0.25, -0.2) is 68.8 Å². The maximum atomic E-state index is 12.5. The molecule has 12 bridgehead atoms. The van der Waals surface area contributed by atoms with Crippen molar-refractivity contribution in [1.82, 2.24) is 65.0 Å². The fourth-order valence-corrected chi connectivity index (χ4v) is 13.1. The Balaban J connectivity index is 0.000000169. The van der Waals surface area contributed by atoms with E-state index in [1.54, 1.807) is 111 Å². The number of sulfonamides is 3. The number of urea groups is 3. The van der Waals surface area contributed by atoms with Gasteiger partial charge >= 0.3 is 18.1 Å². The van der Waals surface area contributed by atoms with Crippen LogP contribution in [0.3, 0.4) is 0 Å². The summed E-state index contributed by atoms with van der Waals surface area (Å²) in [6.45, 7) is 6.33. The minimum absolute atomic E-state index is 0.157. The highest BCUT2D eigenvalue weighted by Crippen LogP contribution is 2.28. The van der Waals surface area contributed by atoms with Gasteiger partial charge in [0.2, 0.25) is 47.9 Å². The van der Waals surface area contributed by atoms with Gasteiger partial charge in [-0.3, -0.25) is 4.98 Å². The predicted molar refractivity (Wildman–Crippen MR) is 402 cm³/mol. The number of anilines is 14. The van der Waals surface area contributed by atoms with Gasteiger partial charge in [0.15, 0.2) is 23.2 Å². The number of methoxy groups -OCH3 is 1. The van der Waals surface area contributed by atoms with E-state index in [2.05, 4.69) is 123 Å². The van der Waals surface area contributed by atoms with E-state index in [0.717, 1.165) is 11.3 Å². The molecule has 3 aliphatic heterocycles. The molecule has 0 saturated carbocycles. The third-order valence-corrected chi connectivity index (χ3v) is 19.4. The van der Waals surface area contributed by atoms with Crippen LogP contribution in [0.1, 0.15) is 24.8 Å². The van der Waals surface area contributed by atoms with Crippen molar-refractivity contribution in [3.63, 3.8) is 0 Å². The number of pyridine rings is 1. The van der Waals surface area contributed by atoms with E-state index in [0.29, 0.717) is 146 Å². The summed E-state index contributed by atoms with van der Waals surface area (Å²) in [5.41, 5.74) is 6.05. The van der Waals surface area contributed by atoms with E-state index in [1.165, 1.54) is 36.5 Å². The van der Waals surface area contributed by atoms with Crippen LogP contribution in [-0.4, -0.2) is 164 Å². The fraction of sp³-hybridized carbons (Fsp3) is 0.254. The maximum absolute atomic E-state index is 12.5. The van der Waals surface area contributed by atoms with Crippen LogP contribution in [0.25, 0.3) is 0 Å². The summed E-state index contributed by atoms with van der Waals surface area (Å²) in [5.74, 6) is 3.64. The average molecular weight is 1490 g/mol. The quantitative estimate of drug-likeness (QED) is 0.0421. The van der Waals surface area contributed by atoms with Gasteiger partial charge < -0.3 is 83.9 Å². The zero-order valence-corrected chi connectivity index (χ0v) is 59.5. The monoisotopic (exact) mass is 1490 g/mol. The largest absolute Gasteiger partial charge is 0.497 e. The van der Waals surface area contributed by atoms with Crippen LogP contribution in [0.2, 0.25) is 0 Å². The first-order valence-corrected chi connectivity index (χ1v) is 37.6. The van der Waals surface area contributed by atoms with E-state index >= 15 is 0 Å². The molecular formula is C67H80N24O11S3. The summed E-state index contributed by atoms with van der Waals surface area (Å²) in [7, 11) is -9.23. The minimum Gasteiger partial charge on any atom is -0.497 e. The van der Waals surface area contributed by atoms with Crippen LogP contribution in [0.15, 0.2) is 179 Å². The van der Waals surface area contributed by atoms with E-state index in [1.807, 2.05) is 31.2 Å². The first-order chi connectivity index (χ1) is 50.8. The molecule has 0 fully saturated rings. The standard InChI is InChI=1S/C23H28N8O4S.C23H28N8O3S.C21H24N8O4S/c1-35-18-8-6-16(7-9-18)30-23(32)26-13-12-24-20-15-27-22-29-17-4-2-5-19(14-17)36(33,34)28-11-3-10-25-21(20)31-22;1-16-6-8-17(9-7-16)30-23(32)26-13-12-24-20-15-27-22-29-18-4-2-5-19(14-18)35(33,34)28-11-3-10-25-21(20)31-22;30-21(28-16-5-2-7-22-13-16)24-10-11-33-18-14-25-20-27-15-4-1-6-17(12-15)34(31,32)26-9-3-8-23-19(18)29-20/h2,4-9,14-15,24,28H,3,10-13H2,1H3,(H2,26,30,32)(H2,25,27,29,31);2,4-9,14-15,24,28H,3,10-13H2,1H3,(H2,26,30,32)(H2,25,27,29,31);1-2,4-7,12-14,26H,3,8-11H2,(H2,24,28,30)(H2,23,25,27,29). The Labute approximate surface area is 606 Å². The Hall–Kier alpha value is -12.0. The second kappa shape index (κ2) is 37.3. The summed E-state index contributed by atoms with van der Waals surface area (Å²) in [6, 6.07) is 36.4. The lowest BCUT2D eigenvalue weighted by Gasteiger charge is -2.15. The number of fused-ring (bicyclic) bond motifs is 12. The molecule has 17 N–H and O–H groups in total. The van der Waals surface area contributed by atoms with Crippen molar-refractivity contribution in [2.75, 3.05) is 144 Å². The molecule has 0 atom stereocenters. The lowest BCUT2D eigenvalue weighted by molar-refractivity contribution is 0.247. The highest BCUT2D eigenvalue weighted by Gasteiger charge is 2.20. The molecule has 0 saturated heterocycles. The van der Waals surface area contributed by atoms with Crippen molar-refractivity contribution in [3.05, 3.63) is 170 Å². The van der Waals surface area contributed by atoms with Gasteiger partial charge in [0, 0.05) is 100 Å². The Morgan fingerprint density at radius 1 is 0.448 bits per heavy atom. The highest BCUT2D eigenvalue weighted by atomic mass is 32.2. The lowest BCUT2D eigenvalue weighted by atomic mass is 10.2. The second-order valence-electron chi connectivity index (χ2n) is 23.0. The number of aromatic nitrogens is 7. The van der Waals surface area contributed by atoms with Crippen molar-refractivity contribution in [3.8, 4) is 11.5 Å². The molecule has 6 amide bonds. The van der Waals surface area contributed by atoms with Crippen molar-refractivity contribution in [1.29, 1.82) is 0 Å². The fourth-order valence-electron chi connectivity index (χ4n) is 9.79. The number of carbonyl (C=O) groups is 3. The van der Waals surface area contributed by atoms with Gasteiger partial charge in [-0.2, -0.15) is 15.0 Å². The number of benzene rings is 5. The Morgan fingerprint density at radius 2 is 0.867 bits per heavy atom. The Bertz CT molecular complexity index is 4770. The number of nitrogens with one attached hydrogen (secondary N) is 17. The normalized spacial score (nSPS) is 14.6. The number of rotatable bonds is 16. The zero-order valence-electron chi connectivity index (χ0n) is 57.0. The number of hydrogen-bond acceptors (Lipinski definition) is 26. The molecule has 9 aromatic rings. The predicted octanol–water partition coefficient (Wildman–Crippen LogP) is 7.32. The van der Waals surface area contributed by atoms with Crippen molar-refractivity contribution >= 4 is 129 Å². The van der Waals surface area contributed by atoms with E-state index < -0.39 is 30.1 Å². The van der Waals surface area contributed by atoms with Gasteiger partial charge in [-0.05, 0) is 129 Å². The summed E-state index contributed by atoms with van der Waals surface area (Å²) in [6.07, 6.45) is 9.60. The number of hydrogen-bond donors (Lipinski definition) is 17. The number of amides is 6. The third kappa shape index (κ3) is 23.8. The molecule has 0 aliphatic carbocycles. The van der Waals surface area contributed by atoms with Crippen molar-refractivity contribution in [2.45, 2.75) is 40.9 Å². The van der Waals surface area contributed by atoms with Gasteiger partial charge in [-0.1, -0.05) is 35.9 Å². The van der Waals surface area contributed by atoms with E-state index in [4.69, 9.17) is 9.47 Å². The molecule has 3 aliphatic rings. The molecule has 552 valence electrons. The van der Waals surface area contributed by atoms with Gasteiger partial charge in [-0.15, -0.1) is 0 Å². The van der Waals surface area contributed by atoms with Crippen LogP contribution in [-0.2, 0) is 30.1 Å². The Kier molecular flexibility index (Phi) is 26.9. The smallest absolute Gasteiger partial charge is 0.319 e. The van der Waals surface area contributed by atoms with Crippen molar-refractivity contribution in [2.24, 2.45) is 0 Å². The molecular weight excluding hydrogens is 1410 g/mol. The van der Waals surface area contributed by atoms with Crippen molar-refractivity contribution < 1.29 is 49.1 Å². The first kappa shape index (κ1) is 75.7. The van der Waals surface area contributed by atoms with Gasteiger partial charge in [0.05, 0.1) is 70.2 Å². The number of ether oxygens (including phenoxy) is 2. The van der Waals surface area contributed by atoms with Crippen LogP contribution in [0.5, 0.6) is 11.5 Å². The molecule has 35 nitrogen and oxygen atoms in total. The number of carbonyl (C=O) groups excluding carboxylic acids is 3. The molecule has 0 radical (unpaired) electrons. The Morgan fingerprint density at radius 3 is 1.31 bits per heavy atom. The molecule has 4 aromatic heterocycles. The molecule has 105 heavy (non-hydrogen) atoms. The van der Waals surface area contributed by atoms with Crippen LogP contribution in [0, 0.1) is 6.92 Å². The van der Waals surface area contributed by atoms with Crippen LogP contribution in [0.4, 0.5) is 95.2 Å². The SMILES string of the molecule is COc1ccc(NC(=O)NCCNc2cnc3nc2NCCCNS(=O)(=O)c2cccc(c2)N3)cc1.Cc1ccc(NC(=O)NCCNc2cnc3nc2NCCCNS(=O)(=O)c2cccc(c2)N3)cc1.O=C(NCCOc1cnc2nc1NCCCNS(=O)(=O)c1cccc(c1)N2)Nc1cccnc1. The molecule has 0 spiro atoms. The van der Waals surface area contributed by atoms with Crippen LogP contribution >= 0.6 is 0 Å². The first-order valence-electron chi connectivity index (χ1n) is 33.1. The minimum atomic E-state index is -3.61. The molecule has 38 heteroatoms. The summed E-state index contributed by atoms with van der Waals surface area (Å²) in [5, 5.41) is 41.6. The summed E-state index contributed by atoms with van der Waals surface area (Å²) < 4.78 is 93.5. The maximum Gasteiger partial charge on any atom is 0.319 e. The van der Waals surface area contributed by atoms with E-state index in [-0.39, 0.29) is 71.5 Å². The molecule has 12 rings (SSSR count). The van der Waals surface area contributed by atoms with Gasteiger partial charge in [0.1, 0.15) is 12.4 Å². The molecule has 5 aromatic carbocycles. The van der Waals surface area contributed by atoms with E-state index in [9.17, 15) is 39.6 Å². The van der Waals surface area contributed by atoms with Crippen LogP contribution < -0.4 is 98.1 Å². The summed E-state index contributed by atoms with van der Waals surface area (Å²) >= 11 is 0. The molecule has 0 unspecified atom stereocenters. The second-order valence-corrected chi connectivity index (χ2v) is 28.3. The highest BCUT2D eigenvalue weighted by molar-refractivity contribution is 7.90. The topological polar surface area (TPSA) is 467 Å². The lowest BCUT2D eigenvalue weighted by Crippen LogP contribution is -2.32.